The van der Waals surface area contributed by atoms with Gasteiger partial charge in [0.15, 0.2) is 0 Å². The minimum Gasteiger partial charge on any atom is -0.335 e. The summed E-state index contributed by atoms with van der Waals surface area (Å²) in [7, 11) is 0. The van der Waals surface area contributed by atoms with E-state index in [9.17, 15) is 9.59 Å². The lowest BCUT2D eigenvalue weighted by atomic mass is 10.1. The fraction of sp³-hybridized carbons (Fsp3) is 0.391. The highest BCUT2D eigenvalue weighted by Gasteiger charge is 2.31. The summed E-state index contributed by atoms with van der Waals surface area (Å²) >= 11 is 7.40. The third-order valence-electron chi connectivity index (χ3n) is 5.76. The van der Waals surface area contributed by atoms with E-state index in [1.807, 2.05) is 24.0 Å². The minimum atomic E-state index is -0.0685. The van der Waals surface area contributed by atoms with E-state index < -0.39 is 0 Å². The van der Waals surface area contributed by atoms with E-state index in [2.05, 4.69) is 40.3 Å². The van der Waals surface area contributed by atoms with Crippen LogP contribution in [0, 0.1) is 0 Å². The van der Waals surface area contributed by atoms with Crippen molar-refractivity contribution in [2.75, 3.05) is 25.5 Å². The van der Waals surface area contributed by atoms with E-state index >= 15 is 0 Å². The molecule has 7 heteroatoms. The van der Waals surface area contributed by atoms with Gasteiger partial charge in [-0.1, -0.05) is 30.3 Å². The number of carbonyl (C=O) groups excluding carboxylic acids is 2. The van der Waals surface area contributed by atoms with Crippen molar-refractivity contribution >= 4 is 45.0 Å². The molecule has 1 saturated heterocycles. The number of carbonyl (C=O) groups is 2. The molecule has 1 aliphatic heterocycles. The van der Waals surface area contributed by atoms with E-state index in [-0.39, 0.29) is 23.7 Å². The highest BCUT2D eigenvalue weighted by molar-refractivity contribution is 7.16. The first-order valence-corrected chi connectivity index (χ1v) is 11.7. The maximum atomic E-state index is 13.4. The SMILES string of the molecule is CC1CN(C(=O)c2cc3ccsc3n2CCCc2ccccc2)CCN1C(=O)CCl. The highest BCUT2D eigenvalue weighted by atomic mass is 35.5. The molecular formula is C23H26ClN3O2S. The Balaban J connectivity index is 1.49. The minimum absolute atomic E-state index is 0.0151. The number of rotatable bonds is 6. The number of nitrogens with zero attached hydrogens (tertiary/aromatic N) is 3. The van der Waals surface area contributed by atoms with Crippen LogP contribution >= 0.6 is 22.9 Å². The van der Waals surface area contributed by atoms with Crippen LogP contribution in [-0.4, -0.2) is 57.7 Å². The lowest BCUT2D eigenvalue weighted by Gasteiger charge is -2.39. The van der Waals surface area contributed by atoms with Crippen LogP contribution in [0.25, 0.3) is 10.2 Å². The largest absolute Gasteiger partial charge is 0.335 e. The topological polar surface area (TPSA) is 45.6 Å². The molecule has 0 aliphatic carbocycles. The van der Waals surface area contributed by atoms with Gasteiger partial charge in [-0.05, 0) is 42.8 Å². The van der Waals surface area contributed by atoms with Gasteiger partial charge in [0.25, 0.3) is 5.91 Å². The Morgan fingerprint density at radius 3 is 2.70 bits per heavy atom. The van der Waals surface area contributed by atoms with Crippen LogP contribution < -0.4 is 0 Å². The molecule has 0 radical (unpaired) electrons. The third kappa shape index (κ3) is 4.25. The molecule has 1 unspecified atom stereocenters. The predicted octanol–water partition coefficient (Wildman–Crippen LogP) is 4.25. The maximum Gasteiger partial charge on any atom is 0.270 e. The van der Waals surface area contributed by atoms with Gasteiger partial charge in [-0.3, -0.25) is 9.59 Å². The molecule has 0 spiro atoms. The zero-order chi connectivity index (χ0) is 21.1. The number of thiophene rings is 1. The number of piperazine rings is 1. The first kappa shape index (κ1) is 20.9. The van der Waals surface area contributed by atoms with Crippen molar-refractivity contribution in [3.8, 4) is 0 Å². The van der Waals surface area contributed by atoms with Crippen molar-refractivity contribution in [1.29, 1.82) is 0 Å². The van der Waals surface area contributed by atoms with Gasteiger partial charge in [-0.2, -0.15) is 0 Å². The highest BCUT2D eigenvalue weighted by Crippen LogP contribution is 2.27. The summed E-state index contributed by atoms with van der Waals surface area (Å²) < 4.78 is 2.17. The van der Waals surface area contributed by atoms with Gasteiger partial charge >= 0.3 is 0 Å². The molecule has 3 aromatic rings. The molecule has 2 amide bonds. The summed E-state index contributed by atoms with van der Waals surface area (Å²) in [5, 5.41) is 3.19. The summed E-state index contributed by atoms with van der Waals surface area (Å²) in [5.41, 5.74) is 2.06. The lowest BCUT2D eigenvalue weighted by Crippen LogP contribution is -2.56. The quantitative estimate of drug-likeness (QED) is 0.535. The average molecular weight is 444 g/mol. The van der Waals surface area contributed by atoms with Gasteiger partial charge < -0.3 is 14.4 Å². The van der Waals surface area contributed by atoms with Crippen molar-refractivity contribution in [2.45, 2.75) is 32.4 Å². The third-order valence-corrected chi connectivity index (χ3v) is 6.94. The normalized spacial score (nSPS) is 16.9. The summed E-state index contributed by atoms with van der Waals surface area (Å²) in [6, 6.07) is 14.5. The second kappa shape index (κ2) is 9.23. The summed E-state index contributed by atoms with van der Waals surface area (Å²) in [6.45, 7) is 4.38. The molecule has 3 heterocycles. The van der Waals surface area contributed by atoms with Crippen LogP contribution in [0.1, 0.15) is 29.4 Å². The molecule has 1 aliphatic rings. The number of hydrogen-bond acceptors (Lipinski definition) is 3. The van der Waals surface area contributed by atoms with Crippen LogP contribution in [-0.2, 0) is 17.8 Å². The lowest BCUT2D eigenvalue weighted by molar-refractivity contribution is -0.132. The molecule has 0 saturated carbocycles. The zero-order valence-electron chi connectivity index (χ0n) is 17.1. The molecule has 0 bridgehead atoms. The van der Waals surface area contributed by atoms with E-state index in [4.69, 9.17) is 11.6 Å². The summed E-state index contributed by atoms with van der Waals surface area (Å²) in [4.78, 5) is 30.2. The van der Waals surface area contributed by atoms with E-state index in [1.54, 1.807) is 16.2 Å². The molecule has 30 heavy (non-hydrogen) atoms. The van der Waals surface area contributed by atoms with Gasteiger partial charge in [0.2, 0.25) is 5.91 Å². The average Bonchev–Trinajstić information content (AvgIpc) is 3.35. The first-order chi connectivity index (χ1) is 14.6. The smallest absolute Gasteiger partial charge is 0.270 e. The molecule has 5 nitrogen and oxygen atoms in total. The molecule has 1 aromatic carbocycles. The first-order valence-electron chi connectivity index (χ1n) is 10.3. The van der Waals surface area contributed by atoms with E-state index in [1.165, 1.54) is 5.56 Å². The Hall–Kier alpha value is -2.31. The number of alkyl halides is 1. The van der Waals surface area contributed by atoms with Crippen molar-refractivity contribution in [1.82, 2.24) is 14.4 Å². The molecule has 1 fully saturated rings. The molecule has 1 atom stereocenters. The Morgan fingerprint density at radius 2 is 1.97 bits per heavy atom. The summed E-state index contributed by atoms with van der Waals surface area (Å²) in [5.74, 6) is -0.0391. The molecular weight excluding hydrogens is 418 g/mol. The van der Waals surface area contributed by atoms with E-state index in [0.29, 0.717) is 19.6 Å². The number of aryl methyl sites for hydroxylation is 2. The Labute approximate surface area is 185 Å². The fourth-order valence-corrected chi connectivity index (χ4v) is 5.29. The van der Waals surface area contributed by atoms with Crippen LogP contribution in [0.3, 0.4) is 0 Å². The number of hydrogen-bond donors (Lipinski definition) is 0. The van der Waals surface area contributed by atoms with Crippen molar-refractivity contribution in [3.05, 3.63) is 59.1 Å². The second-order valence-corrected chi connectivity index (χ2v) is 8.93. The Kier molecular flexibility index (Phi) is 6.44. The zero-order valence-corrected chi connectivity index (χ0v) is 18.7. The summed E-state index contributed by atoms with van der Waals surface area (Å²) in [6.07, 6.45) is 1.95. The van der Waals surface area contributed by atoms with Gasteiger partial charge in [0.1, 0.15) is 16.4 Å². The van der Waals surface area contributed by atoms with Gasteiger partial charge in [0, 0.05) is 37.6 Å². The maximum absolute atomic E-state index is 13.4. The van der Waals surface area contributed by atoms with Gasteiger partial charge in [0.05, 0.1) is 0 Å². The number of benzene rings is 1. The second-order valence-electron chi connectivity index (χ2n) is 7.77. The molecule has 0 N–H and O–H groups in total. The van der Waals surface area contributed by atoms with Crippen LogP contribution in [0.15, 0.2) is 47.8 Å². The van der Waals surface area contributed by atoms with Crippen molar-refractivity contribution in [3.63, 3.8) is 0 Å². The van der Waals surface area contributed by atoms with Crippen LogP contribution in [0.5, 0.6) is 0 Å². The number of aromatic nitrogens is 1. The van der Waals surface area contributed by atoms with E-state index in [0.717, 1.165) is 35.3 Å². The number of fused-ring (bicyclic) bond motifs is 1. The molecule has 158 valence electrons. The monoisotopic (exact) mass is 443 g/mol. The van der Waals surface area contributed by atoms with Crippen LogP contribution in [0.4, 0.5) is 0 Å². The van der Waals surface area contributed by atoms with Crippen LogP contribution in [0.2, 0.25) is 0 Å². The standard InChI is InChI=1S/C23H26ClN3O2S/c1-17-16-25(11-12-26(17)21(28)15-24)22(29)20-14-19-9-13-30-23(19)27(20)10-5-8-18-6-3-2-4-7-18/h2-4,6-7,9,13-14,17H,5,8,10-12,15-16H2,1H3. The fourth-order valence-electron chi connectivity index (χ4n) is 4.21. The van der Waals surface area contributed by atoms with Crippen molar-refractivity contribution < 1.29 is 9.59 Å². The molecule has 4 rings (SSSR count). The number of halogens is 1. The molecule has 2 aromatic heterocycles. The predicted molar refractivity (Wildman–Crippen MR) is 122 cm³/mol. The number of amides is 2. The van der Waals surface area contributed by atoms with Gasteiger partial charge in [-0.25, -0.2) is 0 Å². The van der Waals surface area contributed by atoms with Gasteiger partial charge in [-0.15, -0.1) is 22.9 Å². The Bertz CT molecular complexity index is 1030. The Morgan fingerprint density at radius 1 is 1.17 bits per heavy atom. The van der Waals surface area contributed by atoms with Crippen molar-refractivity contribution in [2.24, 2.45) is 0 Å².